The van der Waals surface area contributed by atoms with Gasteiger partial charge in [-0.1, -0.05) is 18.2 Å². The second-order valence-corrected chi connectivity index (χ2v) is 12.5. The van der Waals surface area contributed by atoms with E-state index >= 15 is 0 Å². The van der Waals surface area contributed by atoms with Gasteiger partial charge in [0, 0.05) is 75.7 Å². The highest BCUT2D eigenvalue weighted by molar-refractivity contribution is 7.89. The number of aromatic nitrogens is 1. The summed E-state index contributed by atoms with van der Waals surface area (Å²) < 4.78 is 28.2. The summed E-state index contributed by atoms with van der Waals surface area (Å²) in [7, 11) is -0.463. The molecule has 2 saturated heterocycles. The number of fused-ring (bicyclic) bond motifs is 1. The number of benzene rings is 2. The molecule has 3 aromatic rings. The fraction of sp³-hybridized carbons (Fsp3) is 0.414. The molecule has 3 heterocycles. The van der Waals surface area contributed by atoms with Crippen molar-refractivity contribution in [2.75, 3.05) is 58.3 Å². The molecule has 0 spiro atoms. The van der Waals surface area contributed by atoms with E-state index in [4.69, 9.17) is 0 Å². The third-order valence-corrected chi connectivity index (χ3v) is 9.51. The first-order valence-corrected chi connectivity index (χ1v) is 14.8. The van der Waals surface area contributed by atoms with Crippen LogP contribution in [-0.4, -0.2) is 92.7 Å². The first-order valence-electron chi connectivity index (χ1n) is 13.4. The molecule has 2 aromatic carbocycles. The standard InChI is InChI=1S/C29H35N5O4S/c1-21-19-27(25-8-4-5-9-26(25)30-21)32-15-17-33(18-16-32)29(36)23-7-6-14-34(20-23)39(37,38)24-12-10-22(11-13-24)28(35)31(2)3/h4-5,8-13,19,23H,6-7,14-18,20H2,1-3H3. The zero-order chi connectivity index (χ0) is 27.7. The Kier molecular flexibility index (Phi) is 7.59. The zero-order valence-corrected chi connectivity index (χ0v) is 23.5. The Morgan fingerprint density at radius 1 is 0.949 bits per heavy atom. The Hall–Kier alpha value is -3.50. The molecule has 39 heavy (non-hydrogen) atoms. The van der Waals surface area contributed by atoms with Crippen molar-refractivity contribution in [3.8, 4) is 0 Å². The summed E-state index contributed by atoms with van der Waals surface area (Å²) in [5.74, 6) is -0.522. The number of hydrogen-bond donors (Lipinski definition) is 0. The summed E-state index contributed by atoms with van der Waals surface area (Å²) in [5.41, 5.74) is 3.50. The molecule has 2 aliphatic heterocycles. The topological polar surface area (TPSA) is 94.1 Å². The van der Waals surface area contributed by atoms with E-state index in [2.05, 4.69) is 22.0 Å². The molecule has 10 heteroatoms. The van der Waals surface area contributed by atoms with Crippen molar-refractivity contribution in [2.24, 2.45) is 5.92 Å². The highest BCUT2D eigenvalue weighted by Gasteiger charge is 2.36. The van der Waals surface area contributed by atoms with Crippen molar-refractivity contribution in [1.29, 1.82) is 0 Å². The zero-order valence-electron chi connectivity index (χ0n) is 22.7. The van der Waals surface area contributed by atoms with Crippen LogP contribution in [0.15, 0.2) is 59.5 Å². The highest BCUT2D eigenvalue weighted by Crippen LogP contribution is 2.29. The summed E-state index contributed by atoms with van der Waals surface area (Å²) in [6.45, 7) is 5.17. The largest absolute Gasteiger partial charge is 0.367 e. The number of carbonyl (C=O) groups is 2. The van der Waals surface area contributed by atoms with Gasteiger partial charge in [-0.15, -0.1) is 0 Å². The van der Waals surface area contributed by atoms with Gasteiger partial charge in [-0.2, -0.15) is 4.31 Å². The van der Waals surface area contributed by atoms with E-state index in [0.717, 1.165) is 22.3 Å². The fourth-order valence-corrected chi connectivity index (χ4v) is 7.04. The minimum Gasteiger partial charge on any atom is -0.367 e. The Morgan fingerprint density at radius 3 is 2.33 bits per heavy atom. The van der Waals surface area contributed by atoms with Gasteiger partial charge in [0.05, 0.1) is 16.3 Å². The van der Waals surface area contributed by atoms with Gasteiger partial charge in [-0.25, -0.2) is 8.42 Å². The molecule has 5 rings (SSSR count). The summed E-state index contributed by atoms with van der Waals surface area (Å²) in [5, 5.41) is 1.11. The third kappa shape index (κ3) is 5.49. The lowest BCUT2D eigenvalue weighted by molar-refractivity contribution is -0.137. The van der Waals surface area contributed by atoms with E-state index < -0.39 is 10.0 Å². The molecule has 0 N–H and O–H groups in total. The van der Waals surface area contributed by atoms with Gasteiger partial charge >= 0.3 is 0 Å². The van der Waals surface area contributed by atoms with Crippen LogP contribution >= 0.6 is 0 Å². The Labute approximate surface area is 230 Å². The van der Waals surface area contributed by atoms with Crippen LogP contribution in [0.3, 0.4) is 0 Å². The molecule has 0 aliphatic carbocycles. The third-order valence-electron chi connectivity index (χ3n) is 7.63. The van der Waals surface area contributed by atoms with Crippen LogP contribution in [-0.2, 0) is 14.8 Å². The number of amides is 2. The average molecular weight is 550 g/mol. The molecular formula is C29H35N5O4S. The van der Waals surface area contributed by atoms with Crippen molar-refractivity contribution in [2.45, 2.75) is 24.7 Å². The first kappa shape index (κ1) is 27.1. The molecule has 206 valence electrons. The predicted octanol–water partition coefficient (Wildman–Crippen LogP) is 2.99. The van der Waals surface area contributed by atoms with Gasteiger partial charge in [0.15, 0.2) is 0 Å². The lowest BCUT2D eigenvalue weighted by Crippen LogP contribution is -2.53. The summed E-state index contributed by atoms with van der Waals surface area (Å²) in [4.78, 5) is 36.1. The number of anilines is 1. The lowest BCUT2D eigenvalue weighted by atomic mass is 9.97. The second-order valence-electron chi connectivity index (χ2n) is 10.5. The monoisotopic (exact) mass is 549 g/mol. The van der Waals surface area contributed by atoms with Crippen molar-refractivity contribution in [1.82, 2.24) is 19.1 Å². The van der Waals surface area contributed by atoms with Gasteiger partial charge in [-0.05, 0) is 56.2 Å². The number of sulfonamides is 1. The molecular weight excluding hydrogens is 514 g/mol. The fourth-order valence-electron chi connectivity index (χ4n) is 5.51. The number of rotatable bonds is 5. The minimum atomic E-state index is -3.77. The van der Waals surface area contributed by atoms with E-state index in [-0.39, 0.29) is 29.2 Å². The second kappa shape index (κ2) is 10.9. The number of piperidine rings is 1. The number of para-hydroxylation sites is 1. The number of carbonyl (C=O) groups excluding carboxylic acids is 2. The number of hydrogen-bond acceptors (Lipinski definition) is 6. The average Bonchev–Trinajstić information content (AvgIpc) is 2.96. The molecule has 1 unspecified atom stereocenters. The summed E-state index contributed by atoms with van der Waals surface area (Å²) in [6.07, 6.45) is 1.31. The quantitative estimate of drug-likeness (QED) is 0.486. The molecule has 0 bridgehead atoms. The number of piperazine rings is 1. The van der Waals surface area contributed by atoms with Crippen molar-refractivity contribution in [3.05, 3.63) is 65.9 Å². The van der Waals surface area contributed by atoms with Crippen molar-refractivity contribution < 1.29 is 18.0 Å². The van der Waals surface area contributed by atoms with E-state index in [1.54, 1.807) is 14.1 Å². The molecule has 9 nitrogen and oxygen atoms in total. The van der Waals surface area contributed by atoms with Crippen molar-refractivity contribution in [3.63, 3.8) is 0 Å². The maximum Gasteiger partial charge on any atom is 0.253 e. The van der Waals surface area contributed by atoms with Gasteiger partial charge in [0.1, 0.15) is 0 Å². The number of pyridine rings is 1. The maximum absolute atomic E-state index is 13.5. The maximum atomic E-state index is 13.5. The van der Waals surface area contributed by atoms with Crippen LogP contribution in [0.25, 0.3) is 10.9 Å². The van der Waals surface area contributed by atoms with Gasteiger partial charge in [0.2, 0.25) is 15.9 Å². The van der Waals surface area contributed by atoms with Gasteiger partial charge in [-0.3, -0.25) is 14.6 Å². The SMILES string of the molecule is Cc1cc(N2CCN(C(=O)C3CCCN(S(=O)(=O)c4ccc(C(=O)N(C)C)cc4)C3)CC2)c2ccccc2n1. The van der Waals surface area contributed by atoms with Crippen LogP contribution in [0.2, 0.25) is 0 Å². The molecule has 2 fully saturated rings. The molecule has 2 aliphatic rings. The lowest BCUT2D eigenvalue weighted by Gasteiger charge is -2.39. The molecule has 2 amide bonds. The van der Waals surface area contributed by atoms with E-state index in [9.17, 15) is 18.0 Å². The van der Waals surface area contributed by atoms with E-state index in [0.29, 0.717) is 51.1 Å². The molecule has 0 radical (unpaired) electrons. The molecule has 0 saturated carbocycles. The van der Waals surface area contributed by atoms with Crippen molar-refractivity contribution >= 4 is 38.4 Å². The predicted molar refractivity (Wildman–Crippen MR) is 151 cm³/mol. The Morgan fingerprint density at radius 2 is 1.64 bits per heavy atom. The molecule has 1 atom stereocenters. The number of nitrogens with zero attached hydrogens (tertiary/aromatic N) is 5. The summed E-state index contributed by atoms with van der Waals surface area (Å²) >= 11 is 0. The minimum absolute atomic E-state index is 0.0252. The Balaban J connectivity index is 1.24. The Bertz CT molecular complexity index is 1480. The van der Waals surface area contributed by atoms with Gasteiger partial charge in [0.25, 0.3) is 5.91 Å². The smallest absolute Gasteiger partial charge is 0.253 e. The van der Waals surface area contributed by atoms with Crippen LogP contribution in [0, 0.1) is 12.8 Å². The van der Waals surface area contributed by atoms with E-state index in [1.165, 1.54) is 33.5 Å². The normalized spacial score (nSPS) is 18.8. The first-order chi connectivity index (χ1) is 18.6. The van der Waals surface area contributed by atoms with Gasteiger partial charge < -0.3 is 14.7 Å². The highest BCUT2D eigenvalue weighted by atomic mass is 32.2. The summed E-state index contributed by atoms with van der Waals surface area (Å²) in [6, 6.07) is 16.2. The van der Waals surface area contributed by atoms with Crippen LogP contribution < -0.4 is 4.90 Å². The van der Waals surface area contributed by atoms with Crippen LogP contribution in [0.1, 0.15) is 28.9 Å². The van der Waals surface area contributed by atoms with Crippen LogP contribution in [0.4, 0.5) is 5.69 Å². The number of aryl methyl sites for hydroxylation is 1. The van der Waals surface area contributed by atoms with E-state index in [1.807, 2.05) is 30.0 Å². The molecule has 1 aromatic heterocycles. The van der Waals surface area contributed by atoms with Crippen LogP contribution in [0.5, 0.6) is 0 Å².